The van der Waals surface area contributed by atoms with Crippen LogP contribution in [0.5, 0.6) is 0 Å². The largest absolute Gasteiger partial charge is 0.324 e. The second-order valence-electron chi connectivity index (χ2n) is 4.56. The summed E-state index contributed by atoms with van der Waals surface area (Å²) in [6.45, 7) is 0. The Kier molecular flexibility index (Phi) is 3.59. The fraction of sp³-hybridized carbons (Fsp3) is 0.667. The summed E-state index contributed by atoms with van der Waals surface area (Å²) in [5.41, 5.74) is 8.46. The van der Waals surface area contributed by atoms with Gasteiger partial charge in [0.25, 0.3) is 0 Å². The van der Waals surface area contributed by atoms with Crippen LogP contribution < -0.4 is 5.73 Å². The zero-order valence-electron chi connectivity index (χ0n) is 9.76. The SMILES string of the molecule is NC1CCCc2nc(C3CSCCS3)ncc21. The van der Waals surface area contributed by atoms with Crippen LogP contribution in [0.15, 0.2) is 6.20 Å². The van der Waals surface area contributed by atoms with E-state index in [1.165, 1.54) is 22.8 Å². The molecule has 2 atom stereocenters. The zero-order valence-corrected chi connectivity index (χ0v) is 11.4. The quantitative estimate of drug-likeness (QED) is 0.846. The molecule has 1 aliphatic heterocycles. The van der Waals surface area contributed by atoms with Gasteiger partial charge in [0, 0.05) is 40.8 Å². The van der Waals surface area contributed by atoms with Crippen molar-refractivity contribution in [1.29, 1.82) is 0 Å². The lowest BCUT2D eigenvalue weighted by Gasteiger charge is -2.24. The molecule has 3 rings (SSSR count). The van der Waals surface area contributed by atoms with Crippen molar-refractivity contribution in [3.8, 4) is 0 Å². The molecule has 2 aliphatic rings. The Labute approximate surface area is 110 Å². The summed E-state index contributed by atoms with van der Waals surface area (Å²) in [6.07, 6.45) is 5.28. The summed E-state index contributed by atoms with van der Waals surface area (Å²) in [4.78, 5) is 9.30. The standard InChI is InChI=1S/C12H17N3S2/c13-9-2-1-3-10-8(9)6-14-12(15-10)11-7-16-4-5-17-11/h6,9,11H,1-5,7,13H2. The number of hydrogen-bond donors (Lipinski definition) is 1. The Morgan fingerprint density at radius 1 is 1.35 bits per heavy atom. The van der Waals surface area contributed by atoms with E-state index in [4.69, 9.17) is 10.7 Å². The monoisotopic (exact) mass is 267 g/mol. The van der Waals surface area contributed by atoms with Crippen molar-refractivity contribution in [3.05, 3.63) is 23.3 Å². The van der Waals surface area contributed by atoms with Crippen LogP contribution in [0, 0.1) is 0 Å². The summed E-state index contributed by atoms with van der Waals surface area (Å²) in [5, 5.41) is 0.484. The van der Waals surface area contributed by atoms with Gasteiger partial charge in [0.2, 0.25) is 0 Å². The molecule has 17 heavy (non-hydrogen) atoms. The van der Waals surface area contributed by atoms with Gasteiger partial charge in [-0.2, -0.15) is 11.8 Å². The average Bonchev–Trinajstić information content (AvgIpc) is 2.40. The van der Waals surface area contributed by atoms with E-state index in [0.29, 0.717) is 5.25 Å². The molecule has 92 valence electrons. The van der Waals surface area contributed by atoms with Crippen molar-refractivity contribution < 1.29 is 0 Å². The second kappa shape index (κ2) is 5.16. The molecule has 1 fully saturated rings. The first-order valence-corrected chi connectivity index (χ1v) is 8.35. The minimum absolute atomic E-state index is 0.154. The highest BCUT2D eigenvalue weighted by atomic mass is 32.2. The average molecular weight is 267 g/mol. The van der Waals surface area contributed by atoms with Gasteiger partial charge >= 0.3 is 0 Å². The van der Waals surface area contributed by atoms with Crippen molar-refractivity contribution in [1.82, 2.24) is 9.97 Å². The molecule has 0 amide bonds. The third-order valence-electron chi connectivity index (χ3n) is 3.35. The molecule has 0 radical (unpaired) electrons. The van der Waals surface area contributed by atoms with Crippen LogP contribution in [0.4, 0.5) is 0 Å². The highest BCUT2D eigenvalue weighted by molar-refractivity contribution is 8.06. The molecule has 5 heteroatoms. The lowest BCUT2D eigenvalue weighted by molar-refractivity contribution is 0.553. The summed E-state index contributed by atoms with van der Waals surface area (Å²) in [6, 6.07) is 0.154. The van der Waals surface area contributed by atoms with Crippen molar-refractivity contribution in [2.45, 2.75) is 30.6 Å². The Balaban J connectivity index is 1.86. The molecule has 2 N–H and O–H groups in total. The first kappa shape index (κ1) is 11.8. The Morgan fingerprint density at radius 2 is 2.29 bits per heavy atom. The van der Waals surface area contributed by atoms with Gasteiger partial charge in [0.15, 0.2) is 0 Å². The van der Waals surface area contributed by atoms with E-state index in [9.17, 15) is 0 Å². The van der Waals surface area contributed by atoms with E-state index in [2.05, 4.69) is 4.98 Å². The Morgan fingerprint density at radius 3 is 3.12 bits per heavy atom. The number of thioether (sulfide) groups is 2. The molecular weight excluding hydrogens is 250 g/mol. The number of aryl methyl sites for hydroxylation is 1. The summed E-state index contributed by atoms with van der Waals surface area (Å²) in [7, 11) is 0. The van der Waals surface area contributed by atoms with Crippen LogP contribution in [0.1, 0.15) is 41.2 Å². The third kappa shape index (κ3) is 2.46. The molecule has 0 aromatic carbocycles. The normalized spacial score (nSPS) is 28.8. The summed E-state index contributed by atoms with van der Waals surface area (Å²) < 4.78 is 0. The maximum Gasteiger partial charge on any atom is 0.142 e. The molecule has 0 bridgehead atoms. The molecule has 2 heterocycles. The molecule has 1 aromatic rings. The highest BCUT2D eigenvalue weighted by Gasteiger charge is 2.23. The fourth-order valence-corrected chi connectivity index (χ4v) is 5.00. The molecule has 1 aromatic heterocycles. The third-order valence-corrected chi connectivity index (χ3v) is 6.10. The topological polar surface area (TPSA) is 51.8 Å². The van der Waals surface area contributed by atoms with Gasteiger partial charge in [-0.05, 0) is 19.3 Å². The van der Waals surface area contributed by atoms with E-state index in [1.807, 2.05) is 29.7 Å². The van der Waals surface area contributed by atoms with Crippen molar-refractivity contribution >= 4 is 23.5 Å². The van der Waals surface area contributed by atoms with Crippen molar-refractivity contribution in [2.75, 3.05) is 17.3 Å². The second-order valence-corrected chi connectivity index (χ2v) is 7.02. The Hall–Kier alpha value is -0.260. The lowest BCUT2D eigenvalue weighted by atomic mass is 9.93. The predicted molar refractivity (Wildman–Crippen MR) is 74.4 cm³/mol. The number of fused-ring (bicyclic) bond motifs is 1. The molecule has 0 saturated carbocycles. The minimum atomic E-state index is 0.154. The first-order chi connectivity index (χ1) is 8.34. The molecule has 3 nitrogen and oxygen atoms in total. The van der Waals surface area contributed by atoms with Gasteiger partial charge in [-0.1, -0.05) is 0 Å². The van der Waals surface area contributed by atoms with E-state index >= 15 is 0 Å². The molecule has 0 spiro atoms. The van der Waals surface area contributed by atoms with E-state index < -0.39 is 0 Å². The van der Waals surface area contributed by atoms with Gasteiger partial charge in [-0.3, -0.25) is 0 Å². The van der Waals surface area contributed by atoms with Crippen molar-refractivity contribution in [3.63, 3.8) is 0 Å². The number of hydrogen-bond acceptors (Lipinski definition) is 5. The van der Waals surface area contributed by atoms with Gasteiger partial charge in [0.05, 0.1) is 5.25 Å². The van der Waals surface area contributed by atoms with Crippen LogP contribution >= 0.6 is 23.5 Å². The van der Waals surface area contributed by atoms with Gasteiger partial charge in [-0.25, -0.2) is 9.97 Å². The Bertz CT molecular complexity index is 405. The number of aromatic nitrogens is 2. The van der Waals surface area contributed by atoms with Gasteiger partial charge < -0.3 is 5.73 Å². The van der Waals surface area contributed by atoms with Crippen LogP contribution in [0.25, 0.3) is 0 Å². The molecular formula is C12H17N3S2. The minimum Gasteiger partial charge on any atom is -0.324 e. The highest BCUT2D eigenvalue weighted by Crippen LogP contribution is 2.36. The predicted octanol–water partition coefficient (Wildman–Crippen LogP) is 2.33. The van der Waals surface area contributed by atoms with E-state index in [-0.39, 0.29) is 6.04 Å². The van der Waals surface area contributed by atoms with Crippen LogP contribution in [0.3, 0.4) is 0 Å². The number of rotatable bonds is 1. The molecule has 2 unspecified atom stereocenters. The molecule has 1 aliphatic carbocycles. The van der Waals surface area contributed by atoms with Crippen molar-refractivity contribution in [2.24, 2.45) is 5.73 Å². The smallest absolute Gasteiger partial charge is 0.142 e. The first-order valence-electron chi connectivity index (χ1n) is 6.15. The van der Waals surface area contributed by atoms with Gasteiger partial charge in [0.1, 0.15) is 5.82 Å². The van der Waals surface area contributed by atoms with E-state index in [0.717, 1.165) is 30.8 Å². The molecule has 1 saturated heterocycles. The lowest BCUT2D eigenvalue weighted by Crippen LogP contribution is -2.21. The fourth-order valence-electron chi connectivity index (χ4n) is 2.39. The van der Waals surface area contributed by atoms with Crippen LogP contribution in [0.2, 0.25) is 0 Å². The maximum atomic E-state index is 6.09. The van der Waals surface area contributed by atoms with Crippen LogP contribution in [-0.2, 0) is 6.42 Å². The maximum absolute atomic E-state index is 6.09. The van der Waals surface area contributed by atoms with Gasteiger partial charge in [-0.15, -0.1) is 11.8 Å². The number of nitrogens with zero attached hydrogens (tertiary/aromatic N) is 2. The summed E-state index contributed by atoms with van der Waals surface area (Å²) >= 11 is 4.00. The summed E-state index contributed by atoms with van der Waals surface area (Å²) in [5.74, 6) is 4.65. The van der Waals surface area contributed by atoms with Crippen LogP contribution in [-0.4, -0.2) is 27.2 Å². The van der Waals surface area contributed by atoms with E-state index in [1.54, 1.807) is 0 Å². The number of nitrogens with two attached hydrogens (primary N) is 1. The zero-order chi connectivity index (χ0) is 11.7.